The molecule has 0 unspecified atom stereocenters. The minimum absolute atomic E-state index is 0.142. The van der Waals surface area contributed by atoms with Crippen LogP contribution < -0.4 is 10.1 Å². The Balaban J connectivity index is 1.63. The minimum Gasteiger partial charge on any atom is -0.482 e. The number of carbonyl (C=O) groups excluding carboxylic acids is 1. The average Bonchev–Trinajstić information content (AvgIpc) is 2.94. The Hall–Kier alpha value is -1.47. The summed E-state index contributed by atoms with van der Waals surface area (Å²) in [6.07, 6.45) is 0. The van der Waals surface area contributed by atoms with E-state index in [0.717, 1.165) is 14.6 Å². The third-order valence-corrected chi connectivity index (χ3v) is 5.89. The Kier molecular flexibility index (Phi) is 6.29. The van der Waals surface area contributed by atoms with Crippen molar-refractivity contribution >= 4 is 68.1 Å². The molecular weight excluding hydrogens is 411 g/mol. The second-order valence-electron chi connectivity index (χ2n) is 5.74. The molecular formula is C18H16Cl2N2O2S2. The molecule has 0 fully saturated rings. The largest absolute Gasteiger partial charge is 0.482 e. The smallest absolute Gasteiger partial charge is 0.262 e. The van der Waals surface area contributed by atoms with E-state index in [-0.39, 0.29) is 12.5 Å². The summed E-state index contributed by atoms with van der Waals surface area (Å²) in [5.74, 6) is 0.149. The molecule has 0 radical (unpaired) electrons. The monoisotopic (exact) mass is 426 g/mol. The lowest BCUT2D eigenvalue weighted by molar-refractivity contribution is -0.118. The number of carbonyl (C=O) groups is 1. The first kappa shape index (κ1) is 19.3. The second kappa shape index (κ2) is 8.48. The number of rotatable bonds is 6. The zero-order chi connectivity index (χ0) is 18.7. The van der Waals surface area contributed by atoms with Gasteiger partial charge in [0.15, 0.2) is 10.9 Å². The molecule has 1 heterocycles. The molecule has 0 atom stereocenters. The topological polar surface area (TPSA) is 51.2 Å². The quantitative estimate of drug-likeness (QED) is 0.482. The molecule has 0 aliphatic rings. The van der Waals surface area contributed by atoms with Gasteiger partial charge in [0.25, 0.3) is 5.91 Å². The maximum absolute atomic E-state index is 12.1. The van der Waals surface area contributed by atoms with Crippen molar-refractivity contribution in [2.45, 2.75) is 23.4 Å². The van der Waals surface area contributed by atoms with Gasteiger partial charge < -0.3 is 10.1 Å². The van der Waals surface area contributed by atoms with Gasteiger partial charge in [0.05, 0.1) is 15.2 Å². The Morgan fingerprint density at radius 1 is 1.27 bits per heavy atom. The van der Waals surface area contributed by atoms with E-state index in [2.05, 4.69) is 24.1 Å². The lowest BCUT2D eigenvalue weighted by Crippen LogP contribution is -2.20. The number of hydrogen-bond acceptors (Lipinski definition) is 5. The molecule has 3 rings (SSSR count). The van der Waals surface area contributed by atoms with Gasteiger partial charge in [0.1, 0.15) is 5.75 Å². The van der Waals surface area contributed by atoms with Crippen LogP contribution in [0.3, 0.4) is 0 Å². The third kappa shape index (κ3) is 5.04. The normalized spacial score (nSPS) is 11.1. The molecule has 0 aliphatic carbocycles. The Bertz CT molecular complexity index is 944. The van der Waals surface area contributed by atoms with Gasteiger partial charge in [-0.05, 0) is 36.4 Å². The maximum atomic E-state index is 12.1. The average molecular weight is 427 g/mol. The fourth-order valence-corrected chi connectivity index (χ4v) is 4.96. The van der Waals surface area contributed by atoms with E-state index < -0.39 is 0 Å². The van der Waals surface area contributed by atoms with Crippen LogP contribution in [0.5, 0.6) is 5.75 Å². The van der Waals surface area contributed by atoms with Crippen molar-refractivity contribution in [3.05, 3.63) is 46.4 Å². The molecule has 8 heteroatoms. The predicted molar refractivity (Wildman–Crippen MR) is 111 cm³/mol. The van der Waals surface area contributed by atoms with Gasteiger partial charge in [-0.1, -0.05) is 48.8 Å². The first-order chi connectivity index (χ1) is 12.4. The van der Waals surface area contributed by atoms with Gasteiger partial charge in [0, 0.05) is 16.0 Å². The molecule has 0 spiro atoms. The molecule has 3 aromatic rings. The Morgan fingerprint density at radius 2 is 2.08 bits per heavy atom. The van der Waals surface area contributed by atoms with Crippen LogP contribution in [0.1, 0.15) is 13.8 Å². The van der Waals surface area contributed by atoms with Crippen LogP contribution in [0, 0.1) is 0 Å². The number of nitrogens with zero attached hydrogens (tertiary/aromatic N) is 1. The van der Waals surface area contributed by atoms with Crippen molar-refractivity contribution in [2.75, 3.05) is 11.9 Å². The van der Waals surface area contributed by atoms with Crippen molar-refractivity contribution in [3.63, 3.8) is 0 Å². The standard InChI is InChI=1S/C18H16Cl2N2O2S2/c1-10(2)25-18-22-14-5-4-12(8-16(14)26-18)21-17(23)9-24-15-6-3-11(19)7-13(15)20/h3-8,10H,9H2,1-2H3,(H,21,23). The Labute approximate surface area is 169 Å². The molecule has 136 valence electrons. The summed E-state index contributed by atoms with van der Waals surface area (Å²) in [7, 11) is 0. The van der Waals surface area contributed by atoms with E-state index in [9.17, 15) is 4.79 Å². The summed E-state index contributed by atoms with van der Waals surface area (Å²) < 4.78 is 7.51. The fourth-order valence-electron chi connectivity index (χ4n) is 2.17. The molecule has 0 saturated heterocycles. The van der Waals surface area contributed by atoms with E-state index in [1.807, 2.05) is 18.2 Å². The van der Waals surface area contributed by atoms with Gasteiger partial charge >= 0.3 is 0 Å². The number of thiazole rings is 1. The van der Waals surface area contributed by atoms with Crippen LogP contribution in [0.4, 0.5) is 5.69 Å². The molecule has 1 amide bonds. The minimum atomic E-state index is -0.267. The van der Waals surface area contributed by atoms with Crippen LogP contribution in [-0.2, 0) is 4.79 Å². The van der Waals surface area contributed by atoms with Crippen LogP contribution in [0.25, 0.3) is 10.2 Å². The van der Waals surface area contributed by atoms with E-state index in [1.165, 1.54) is 0 Å². The summed E-state index contributed by atoms with van der Waals surface area (Å²) in [5, 5.41) is 4.18. The van der Waals surface area contributed by atoms with E-state index in [1.54, 1.807) is 41.3 Å². The molecule has 0 saturated carbocycles. The van der Waals surface area contributed by atoms with Crippen LogP contribution in [0.15, 0.2) is 40.7 Å². The summed E-state index contributed by atoms with van der Waals surface area (Å²) in [6.45, 7) is 4.13. The number of anilines is 1. The van der Waals surface area contributed by atoms with Crippen molar-refractivity contribution in [1.29, 1.82) is 0 Å². The number of hydrogen-bond donors (Lipinski definition) is 1. The predicted octanol–water partition coefficient (Wildman–Crippen LogP) is 6.12. The summed E-state index contributed by atoms with van der Waals surface area (Å²) in [5.41, 5.74) is 1.64. The van der Waals surface area contributed by atoms with E-state index in [0.29, 0.717) is 26.7 Å². The first-order valence-electron chi connectivity index (χ1n) is 7.85. The highest BCUT2D eigenvalue weighted by Crippen LogP contribution is 2.33. The molecule has 1 N–H and O–H groups in total. The van der Waals surface area contributed by atoms with Gasteiger partial charge in [0.2, 0.25) is 0 Å². The van der Waals surface area contributed by atoms with Crippen molar-refractivity contribution < 1.29 is 9.53 Å². The summed E-state index contributed by atoms with van der Waals surface area (Å²) >= 11 is 15.2. The van der Waals surface area contributed by atoms with Crippen molar-refractivity contribution in [2.24, 2.45) is 0 Å². The van der Waals surface area contributed by atoms with Crippen molar-refractivity contribution in [3.8, 4) is 5.75 Å². The van der Waals surface area contributed by atoms with Crippen LogP contribution >= 0.6 is 46.3 Å². The van der Waals surface area contributed by atoms with Gasteiger partial charge in [-0.3, -0.25) is 4.79 Å². The molecule has 2 aromatic carbocycles. The SMILES string of the molecule is CC(C)Sc1nc2ccc(NC(=O)COc3ccc(Cl)cc3Cl)cc2s1. The van der Waals surface area contributed by atoms with Crippen LogP contribution in [-0.4, -0.2) is 22.7 Å². The molecule has 0 aliphatic heterocycles. The number of aromatic nitrogens is 1. The number of thioether (sulfide) groups is 1. The lowest BCUT2D eigenvalue weighted by atomic mass is 10.3. The molecule has 1 aromatic heterocycles. The van der Waals surface area contributed by atoms with Gasteiger partial charge in [-0.2, -0.15) is 0 Å². The molecule has 26 heavy (non-hydrogen) atoms. The molecule has 4 nitrogen and oxygen atoms in total. The number of fused-ring (bicyclic) bond motifs is 1. The zero-order valence-corrected chi connectivity index (χ0v) is 17.2. The highest BCUT2D eigenvalue weighted by atomic mass is 35.5. The number of benzene rings is 2. The van der Waals surface area contributed by atoms with E-state index >= 15 is 0 Å². The van der Waals surface area contributed by atoms with Gasteiger partial charge in [-0.25, -0.2) is 4.98 Å². The summed E-state index contributed by atoms with van der Waals surface area (Å²) in [6, 6.07) is 10.5. The number of amides is 1. The van der Waals surface area contributed by atoms with E-state index in [4.69, 9.17) is 27.9 Å². The number of nitrogens with one attached hydrogen (secondary N) is 1. The fraction of sp³-hybridized carbons (Fsp3) is 0.222. The Morgan fingerprint density at radius 3 is 2.81 bits per heavy atom. The van der Waals surface area contributed by atoms with Gasteiger partial charge in [-0.15, -0.1) is 11.3 Å². The second-order valence-corrected chi connectivity index (χ2v) is 9.44. The van der Waals surface area contributed by atoms with Crippen molar-refractivity contribution in [1.82, 2.24) is 4.98 Å². The number of halogens is 2. The lowest BCUT2D eigenvalue weighted by Gasteiger charge is -2.09. The molecule has 0 bridgehead atoms. The summed E-state index contributed by atoms with van der Waals surface area (Å²) in [4.78, 5) is 16.7. The van der Waals surface area contributed by atoms with Crippen LogP contribution in [0.2, 0.25) is 10.0 Å². The first-order valence-corrected chi connectivity index (χ1v) is 10.3. The number of ether oxygens (including phenoxy) is 1. The third-order valence-electron chi connectivity index (χ3n) is 3.24. The maximum Gasteiger partial charge on any atom is 0.262 e. The zero-order valence-electron chi connectivity index (χ0n) is 14.1. The highest BCUT2D eigenvalue weighted by molar-refractivity contribution is 8.01. The highest BCUT2D eigenvalue weighted by Gasteiger charge is 2.10.